The maximum atomic E-state index is 13.4. The summed E-state index contributed by atoms with van der Waals surface area (Å²) in [6, 6.07) is 33.1. The zero-order chi connectivity index (χ0) is 32.1. The number of anilines is 2. The van der Waals surface area contributed by atoms with Crippen LogP contribution in [0.25, 0.3) is 0 Å². The molecule has 5 rings (SSSR count). The Labute approximate surface area is 271 Å². The number of ether oxygens (including phenoxy) is 2. The molecule has 1 aliphatic rings. The second-order valence-electron chi connectivity index (χ2n) is 11.7. The van der Waals surface area contributed by atoms with Crippen LogP contribution in [0.5, 0.6) is 5.75 Å². The highest BCUT2D eigenvalue weighted by atomic mass is 16.5. The molecule has 1 N–H and O–H groups in total. The normalized spacial score (nSPS) is 13.8. The van der Waals surface area contributed by atoms with Gasteiger partial charge in [0, 0.05) is 41.4 Å². The van der Waals surface area contributed by atoms with E-state index in [2.05, 4.69) is 5.32 Å². The van der Waals surface area contributed by atoms with Crippen molar-refractivity contribution >= 4 is 29.0 Å². The molecule has 1 amide bonds. The second-order valence-corrected chi connectivity index (χ2v) is 11.7. The van der Waals surface area contributed by atoms with Crippen LogP contribution in [-0.2, 0) is 20.7 Å². The van der Waals surface area contributed by atoms with E-state index in [-0.39, 0.29) is 17.6 Å². The van der Waals surface area contributed by atoms with Crippen LogP contribution < -0.4 is 15.0 Å². The van der Waals surface area contributed by atoms with E-state index < -0.39 is 12.0 Å². The van der Waals surface area contributed by atoms with E-state index in [9.17, 15) is 14.4 Å². The first-order chi connectivity index (χ1) is 22.5. The van der Waals surface area contributed by atoms with E-state index in [1.807, 2.05) is 83.8 Å². The minimum absolute atomic E-state index is 0.101. The van der Waals surface area contributed by atoms with Crippen molar-refractivity contribution in [2.45, 2.75) is 51.0 Å². The molecular weight excluding hydrogens is 576 g/mol. The zero-order valence-corrected chi connectivity index (χ0v) is 26.4. The van der Waals surface area contributed by atoms with Gasteiger partial charge in [0.15, 0.2) is 5.78 Å². The molecule has 1 aliphatic carbocycles. The van der Waals surface area contributed by atoms with E-state index in [1.165, 1.54) is 13.5 Å². The Morgan fingerprint density at radius 3 is 2.15 bits per heavy atom. The van der Waals surface area contributed by atoms with Crippen LogP contribution in [0.3, 0.4) is 0 Å². The molecule has 0 radical (unpaired) electrons. The number of para-hydroxylation sites is 2. The smallest absolute Gasteiger partial charge is 0.328 e. The summed E-state index contributed by atoms with van der Waals surface area (Å²) in [5.74, 6) is 0.488. The summed E-state index contributed by atoms with van der Waals surface area (Å²) in [6.45, 7) is 1.07. The molecule has 4 aromatic carbocycles. The number of ketones is 1. The molecule has 0 aromatic heterocycles. The largest absolute Gasteiger partial charge is 0.494 e. The average molecular weight is 619 g/mol. The van der Waals surface area contributed by atoms with Gasteiger partial charge >= 0.3 is 5.97 Å². The molecule has 7 heteroatoms. The fraction of sp³-hybridized carbons (Fsp3) is 0.308. The lowest BCUT2D eigenvalue weighted by Crippen LogP contribution is -2.38. The quantitative estimate of drug-likeness (QED) is 0.0895. The fourth-order valence-corrected chi connectivity index (χ4v) is 5.99. The summed E-state index contributed by atoms with van der Waals surface area (Å²) >= 11 is 0. The van der Waals surface area contributed by atoms with Gasteiger partial charge in [-0.25, -0.2) is 4.79 Å². The third-order valence-corrected chi connectivity index (χ3v) is 8.47. The van der Waals surface area contributed by atoms with Gasteiger partial charge < -0.3 is 19.7 Å². The van der Waals surface area contributed by atoms with Crippen LogP contribution in [0.15, 0.2) is 109 Å². The Kier molecular flexibility index (Phi) is 11.6. The van der Waals surface area contributed by atoms with Crippen LogP contribution in [0.2, 0.25) is 0 Å². The maximum Gasteiger partial charge on any atom is 0.328 e. The van der Waals surface area contributed by atoms with E-state index in [0.717, 1.165) is 42.7 Å². The number of rotatable bonds is 14. The Hall–Kier alpha value is -4.91. The number of esters is 1. The van der Waals surface area contributed by atoms with E-state index in [4.69, 9.17) is 9.47 Å². The number of nitrogens with one attached hydrogen (secondary N) is 1. The molecule has 0 spiro atoms. The van der Waals surface area contributed by atoms with Crippen molar-refractivity contribution in [3.63, 3.8) is 0 Å². The van der Waals surface area contributed by atoms with Gasteiger partial charge in [-0.1, -0.05) is 92.1 Å². The Bertz CT molecular complexity index is 1570. The van der Waals surface area contributed by atoms with Gasteiger partial charge in [-0.05, 0) is 61.2 Å². The highest BCUT2D eigenvalue weighted by Crippen LogP contribution is 2.28. The molecule has 1 atom stereocenters. The number of hydrogen-bond donors (Lipinski definition) is 1. The summed E-state index contributed by atoms with van der Waals surface area (Å²) in [5, 5.41) is 3.25. The number of amides is 1. The fourth-order valence-electron chi connectivity index (χ4n) is 5.99. The highest BCUT2D eigenvalue weighted by Gasteiger charge is 2.27. The third-order valence-electron chi connectivity index (χ3n) is 8.47. The minimum atomic E-state index is -0.702. The lowest BCUT2D eigenvalue weighted by atomic mass is 9.88. The molecule has 0 heterocycles. The van der Waals surface area contributed by atoms with Gasteiger partial charge in [0.2, 0.25) is 5.91 Å². The van der Waals surface area contributed by atoms with Crippen molar-refractivity contribution in [1.82, 2.24) is 0 Å². The summed E-state index contributed by atoms with van der Waals surface area (Å²) in [7, 11) is 1.36. The van der Waals surface area contributed by atoms with E-state index >= 15 is 0 Å². The molecule has 1 unspecified atom stereocenters. The molecule has 0 saturated heterocycles. The first kappa shape index (κ1) is 32.5. The standard InChI is InChI=1S/C39H42N2O5/c1-45-39(44)36(40-35-21-12-11-20-34(35)37(42)30-14-5-2-6-15-30)28-29-22-24-33(25-23-29)46-27-13-26-41(32-18-9-4-10-19-32)38(43)31-16-7-3-8-17-31/h2,4-6,9-12,14-15,18-25,31,36,40H,3,7-8,13,16-17,26-28H2,1H3. The van der Waals surface area contributed by atoms with Gasteiger partial charge in [0.1, 0.15) is 11.8 Å². The first-order valence-electron chi connectivity index (χ1n) is 16.1. The second kappa shape index (κ2) is 16.4. The number of nitrogens with zero attached hydrogens (tertiary/aromatic N) is 1. The predicted molar refractivity (Wildman–Crippen MR) is 181 cm³/mol. The number of carbonyl (C=O) groups excluding carboxylic acids is 3. The van der Waals surface area contributed by atoms with Gasteiger partial charge in [-0.15, -0.1) is 0 Å². The van der Waals surface area contributed by atoms with Crippen LogP contribution in [-0.4, -0.2) is 44.0 Å². The number of benzene rings is 4. The highest BCUT2D eigenvalue weighted by molar-refractivity contribution is 6.12. The number of methoxy groups -OCH3 is 1. The molecule has 1 saturated carbocycles. The molecular formula is C39H42N2O5. The van der Waals surface area contributed by atoms with E-state index in [1.54, 1.807) is 30.3 Å². The molecule has 0 bridgehead atoms. The summed E-state index contributed by atoms with van der Waals surface area (Å²) < 4.78 is 11.1. The molecule has 1 fully saturated rings. The third kappa shape index (κ3) is 8.62. The zero-order valence-electron chi connectivity index (χ0n) is 26.4. The lowest BCUT2D eigenvalue weighted by molar-refractivity contribution is -0.141. The average Bonchev–Trinajstić information content (AvgIpc) is 3.12. The molecule has 4 aromatic rings. The van der Waals surface area contributed by atoms with Gasteiger partial charge in [0.05, 0.1) is 13.7 Å². The molecule has 46 heavy (non-hydrogen) atoms. The van der Waals surface area contributed by atoms with Gasteiger partial charge in [0.25, 0.3) is 0 Å². The van der Waals surface area contributed by atoms with Gasteiger partial charge in [-0.2, -0.15) is 0 Å². The van der Waals surface area contributed by atoms with Crippen LogP contribution in [0.1, 0.15) is 60.0 Å². The molecule has 0 aliphatic heterocycles. The van der Waals surface area contributed by atoms with Crippen LogP contribution in [0, 0.1) is 5.92 Å². The monoisotopic (exact) mass is 618 g/mol. The number of hydrogen-bond acceptors (Lipinski definition) is 6. The van der Waals surface area contributed by atoms with E-state index in [0.29, 0.717) is 42.8 Å². The maximum absolute atomic E-state index is 13.4. The Morgan fingerprint density at radius 2 is 1.46 bits per heavy atom. The van der Waals surface area contributed by atoms with Gasteiger partial charge in [-0.3, -0.25) is 9.59 Å². The van der Waals surface area contributed by atoms with Crippen molar-refractivity contribution in [3.05, 3.63) is 126 Å². The first-order valence-corrected chi connectivity index (χ1v) is 16.1. The summed E-state index contributed by atoms with van der Waals surface area (Å²) in [6.07, 6.45) is 6.45. The van der Waals surface area contributed by atoms with Crippen LogP contribution in [0.4, 0.5) is 11.4 Å². The Balaban J connectivity index is 1.18. The predicted octanol–water partition coefficient (Wildman–Crippen LogP) is 7.50. The number of carbonyl (C=O) groups is 3. The Morgan fingerprint density at radius 1 is 0.804 bits per heavy atom. The van der Waals surface area contributed by atoms with Crippen LogP contribution >= 0.6 is 0 Å². The van der Waals surface area contributed by atoms with Crippen molar-refractivity contribution < 1.29 is 23.9 Å². The lowest BCUT2D eigenvalue weighted by Gasteiger charge is -2.29. The van der Waals surface area contributed by atoms with Crippen molar-refractivity contribution in [3.8, 4) is 5.75 Å². The summed E-state index contributed by atoms with van der Waals surface area (Å²) in [5.41, 5.74) is 3.47. The molecule has 238 valence electrons. The SMILES string of the molecule is COC(=O)C(Cc1ccc(OCCCN(C(=O)C2CCCCC2)c2ccccc2)cc1)Nc1ccccc1C(=O)c1ccccc1. The minimum Gasteiger partial charge on any atom is -0.494 e. The van der Waals surface area contributed by atoms with Crippen molar-refractivity contribution in [1.29, 1.82) is 0 Å². The van der Waals surface area contributed by atoms with Crippen molar-refractivity contribution in [2.24, 2.45) is 5.92 Å². The topological polar surface area (TPSA) is 84.9 Å². The van der Waals surface area contributed by atoms with Crippen molar-refractivity contribution in [2.75, 3.05) is 30.5 Å². The molecule has 7 nitrogen and oxygen atoms in total. The summed E-state index contributed by atoms with van der Waals surface area (Å²) in [4.78, 5) is 41.4.